The van der Waals surface area contributed by atoms with Gasteiger partial charge in [-0.15, -0.1) is 0 Å². The molecule has 0 aromatic heterocycles. The number of hydrogen-bond donors (Lipinski definition) is 1. The second-order valence-corrected chi connectivity index (χ2v) is 6.68. The van der Waals surface area contributed by atoms with Gasteiger partial charge in [0.25, 0.3) is 0 Å². The van der Waals surface area contributed by atoms with Crippen LogP contribution in [0.3, 0.4) is 0 Å². The first-order valence-electron chi connectivity index (χ1n) is 7.95. The highest BCUT2D eigenvalue weighted by molar-refractivity contribution is 5.03. The molecule has 0 amide bonds. The second-order valence-electron chi connectivity index (χ2n) is 6.68. The van der Waals surface area contributed by atoms with Crippen molar-refractivity contribution >= 4 is 0 Å². The van der Waals surface area contributed by atoms with Crippen molar-refractivity contribution in [3.8, 4) is 0 Å². The largest absolute Gasteiger partial charge is 0.308 e. The molecule has 18 heavy (non-hydrogen) atoms. The van der Waals surface area contributed by atoms with E-state index >= 15 is 0 Å². The van der Waals surface area contributed by atoms with Crippen molar-refractivity contribution in [2.24, 2.45) is 0 Å². The molecule has 2 atom stereocenters. The molecule has 2 nitrogen and oxygen atoms in total. The molecule has 0 aromatic carbocycles. The molecule has 2 fully saturated rings. The highest BCUT2D eigenvalue weighted by Gasteiger charge is 2.40. The average Bonchev–Trinajstić information content (AvgIpc) is 2.44. The van der Waals surface area contributed by atoms with Gasteiger partial charge in [-0.05, 0) is 39.0 Å². The monoisotopic (exact) mass is 248 g/mol. The minimum atomic E-state index is 0.464. The number of hydrogen-bond acceptors (Lipinski definition) is 2. The topological polar surface area (TPSA) is 15.3 Å². The van der Waals surface area contributed by atoms with Crippen LogP contribution in [0.4, 0.5) is 0 Å². The number of rotatable bonds is 1. The maximum atomic E-state index is 3.89. The molecule has 2 heteroatoms. The SMILES string of the molecule is CC1CNC2(CCCCC2)CN1C1CC=CCC1. The number of allylic oxidation sites excluding steroid dienone is 1. The van der Waals surface area contributed by atoms with Crippen LogP contribution in [0.5, 0.6) is 0 Å². The number of nitrogens with one attached hydrogen (secondary N) is 1. The van der Waals surface area contributed by atoms with Gasteiger partial charge in [0.15, 0.2) is 0 Å². The van der Waals surface area contributed by atoms with Crippen molar-refractivity contribution in [1.82, 2.24) is 10.2 Å². The van der Waals surface area contributed by atoms with Gasteiger partial charge >= 0.3 is 0 Å². The molecule has 1 N–H and O–H groups in total. The molecule has 1 heterocycles. The molecule has 3 aliphatic rings. The van der Waals surface area contributed by atoms with Crippen LogP contribution in [0.2, 0.25) is 0 Å². The van der Waals surface area contributed by atoms with E-state index in [0.717, 1.165) is 6.04 Å². The summed E-state index contributed by atoms with van der Waals surface area (Å²) < 4.78 is 0. The van der Waals surface area contributed by atoms with Gasteiger partial charge in [-0.1, -0.05) is 31.4 Å². The minimum Gasteiger partial charge on any atom is -0.308 e. The van der Waals surface area contributed by atoms with Gasteiger partial charge in [0.05, 0.1) is 0 Å². The molecule has 0 aromatic rings. The van der Waals surface area contributed by atoms with Crippen molar-refractivity contribution < 1.29 is 0 Å². The molecular weight excluding hydrogens is 220 g/mol. The third kappa shape index (κ3) is 2.50. The lowest BCUT2D eigenvalue weighted by molar-refractivity contribution is 0.0279. The predicted octanol–water partition coefficient (Wildman–Crippen LogP) is 3.09. The highest BCUT2D eigenvalue weighted by atomic mass is 15.3. The van der Waals surface area contributed by atoms with E-state index in [0.29, 0.717) is 11.6 Å². The Morgan fingerprint density at radius 1 is 1.17 bits per heavy atom. The standard InChI is InChI=1S/C16H28N2/c1-14-12-17-16(10-6-3-7-11-16)13-18(14)15-8-4-2-5-9-15/h2,4,14-15,17H,3,5-13H2,1H3. The number of piperazine rings is 1. The lowest BCUT2D eigenvalue weighted by Crippen LogP contribution is -2.66. The molecule has 2 aliphatic carbocycles. The van der Waals surface area contributed by atoms with Crippen LogP contribution < -0.4 is 5.32 Å². The zero-order valence-corrected chi connectivity index (χ0v) is 11.8. The van der Waals surface area contributed by atoms with Crippen molar-refractivity contribution in [3.05, 3.63) is 12.2 Å². The van der Waals surface area contributed by atoms with Gasteiger partial charge in [-0.2, -0.15) is 0 Å². The third-order valence-corrected chi connectivity index (χ3v) is 5.34. The molecule has 2 unspecified atom stereocenters. The first kappa shape index (κ1) is 12.7. The van der Waals surface area contributed by atoms with Crippen LogP contribution in [0.25, 0.3) is 0 Å². The molecule has 102 valence electrons. The molecule has 1 spiro atoms. The Kier molecular flexibility index (Phi) is 3.76. The van der Waals surface area contributed by atoms with Crippen molar-refractivity contribution in [2.45, 2.75) is 75.9 Å². The summed E-state index contributed by atoms with van der Waals surface area (Å²) in [5.41, 5.74) is 0.464. The fraction of sp³-hybridized carbons (Fsp3) is 0.875. The summed E-state index contributed by atoms with van der Waals surface area (Å²) in [4.78, 5) is 2.82. The summed E-state index contributed by atoms with van der Waals surface area (Å²) in [5.74, 6) is 0. The smallest absolute Gasteiger partial charge is 0.0309 e. The first-order chi connectivity index (χ1) is 8.79. The molecular formula is C16H28N2. The van der Waals surface area contributed by atoms with E-state index in [2.05, 4.69) is 29.3 Å². The van der Waals surface area contributed by atoms with Gasteiger partial charge in [-0.3, -0.25) is 4.90 Å². The quantitative estimate of drug-likeness (QED) is 0.717. The normalized spacial score (nSPS) is 36.9. The van der Waals surface area contributed by atoms with E-state index in [1.165, 1.54) is 64.5 Å². The van der Waals surface area contributed by atoms with Gasteiger partial charge in [0.2, 0.25) is 0 Å². The summed E-state index contributed by atoms with van der Waals surface area (Å²) >= 11 is 0. The van der Waals surface area contributed by atoms with Crippen molar-refractivity contribution in [3.63, 3.8) is 0 Å². The van der Waals surface area contributed by atoms with E-state index < -0.39 is 0 Å². The summed E-state index contributed by atoms with van der Waals surface area (Å²) in [7, 11) is 0. The molecule has 3 rings (SSSR count). The van der Waals surface area contributed by atoms with E-state index in [1.807, 2.05) is 0 Å². The first-order valence-corrected chi connectivity index (χ1v) is 7.95. The Morgan fingerprint density at radius 2 is 2.00 bits per heavy atom. The van der Waals surface area contributed by atoms with Crippen LogP contribution in [-0.2, 0) is 0 Å². The zero-order valence-electron chi connectivity index (χ0n) is 11.8. The van der Waals surface area contributed by atoms with Gasteiger partial charge in [0.1, 0.15) is 0 Å². The van der Waals surface area contributed by atoms with Crippen LogP contribution in [0.1, 0.15) is 58.3 Å². The van der Waals surface area contributed by atoms with E-state index in [-0.39, 0.29) is 0 Å². The van der Waals surface area contributed by atoms with Crippen molar-refractivity contribution in [2.75, 3.05) is 13.1 Å². The van der Waals surface area contributed by atoms with Crippen LogP contribution in [0.15, 0.2) is 12.2 Å². The fourth-order valence-corrected chi connectivity index (χ4v) is 4.17. The summed E-state index contributed by atoms with van der Waals surface area (Å²) in [5, 5.41) is 3.89. The molecule has 0 radical (unpaired) electrons. The Bertz CT molecular complexity index is 304. The average molecular weight is 248 g/mol. The Morgan fingerprint density at radius 3 is 2.72 bits per heavy atom. The fourth-order valence-electron chi connectivity index (χ4n) is 4.17. The second kappa shape index (κ2) is 5.34. The lowest BCUT2D eigenvalue weighted by Gasteiger charge is -2.51. The lowest BCUT2D eigenvalue weighted by atomic mass is 9.78. The van der Waals surface area contributed by atoms with Crippen molar-refractivity contribution in [1.29, 1.82) is 0 Å². The Labute approximate surface area is 112 Å². The molecule has 1 saturated carbocycles. The number of nitrogens with zero attached hydrogens (tertiary/aromatic N) is 1. The third-order valence-electron chi connectivity index (χ3n) is 5.34. The maximum Gasteiger partial charge on any atom is 0.0309 e. The summed E-state index contributed by atoms with van der Waals surface area (Å²) in [6.45, 7) is 4.90. The Balaban J connectivity index is 1.69. The predicted molar refractivity (Wildman–Crippen MR) is 76.8 cm³/mol. The van der Waals surface area contributed by atoms with Crippen LogP contribution in [-0.4, -0.2) is 35.6 Å². The van der Waals surface area contributed by atoms with E-state index in [9.17, 15) is 0 Å². The van der Waals surface area contributed by atoms with Gasteiger partial charge in [0, 0.05) is 30.7 Å². The van der Waals surface area contributed by atoms with Crippen LogP contribution >= 0.6 is 0 Å². The van der Waals surface area contributed by atoms with E-state index in [4.69, 9.17) is 0 Å². The van der Waals surface area contributed by atoms with Crippen LogP contribution in [0, 0.1) is 0 Å². The molecule has 1 saturated heterocycles. The minimum absolute atomic E-state index is 0.464. The van der Waals surface area contributed by atoms with E-state index in [1.54, 1.807) is 0 Å². The summed E-state index contributed by atoms with van der Waals surface area (Å²) in [6.07, 6.45) is 15.8. The molecule has 1 aliphatic heterocycles. The van der Waals surface area contributed by atoms with Gasteiger partial charge < -0.3 is 5.32 Å². The maximum absolute atomic E-state index is 3.89. The molecule has 0 bridgehead atoms. The highest BCUT2D eigenvalue weighted by Crippen LogP contribution is 2.34. The zero-order chi connectivity index (χ0) is 12.4. The summed E-state index contributed by atoms with van der Waals surface area (Å²) in [6, 6.07) is 1.53. The Hall–Kier alpha value is -0.340. The van der Waals surface area contributed by atoms with Gasteiger partial charge in [-0.25, -0.2) is 0 Å².